The van der Waals surface area contributed by atoms with E-state index in [0.717, 1.165) is 132 Å². The third kappa shape index (κ3) is 26.6. The molecule has 0 radical (unpaired) electrons. The third-order valence-corrected chi connectivity index (χ3v) is 12.1. The summed E-state index contributed by atoms with van der Waals surface area (Å²) in [4.78, 5) is 46.3. The van der Waals surface area contributed by atoms with Crippen LogP contribution < -0.4 is 5.73 Å². The van der Waals surface area contributed by atoms with Gasteiger partial charge in [-0.05, 0) is 75.6 Å². The van der Waals surface area contributed by atoms with Gasteiger partial charge in [-0.1, -0.05) is 117 Å². The van der Waals surface area contributed by atoms with E-state index in [2.05, 4.69) is 44.4 Å². The Balaban J connectivity index is 1.62. The van der Waals surface area contributed by atoms with Gasteiger partial charge in [0.15, 0.2) is 6.10 Å². The van der Waals surface area contributed by atoms with Gasteiger partial charge in [-0.3, -0.25) is 23.4 Å². The normalized spacial score (nSPS) is 13.5. The number of carboxylic acids is 1. The topological polar surface area (TPSA) is 198 Å². The Hall–Kier alpha value is -2.96. The first kappa shape index (κ1) is 55.2. The van der Waals surface area contributed by atoms with Gasteiger partial charge in [0.1, 0.15) is 35.7 Å². The summed E-state index contributed by atoms with van der Waals surface area (Å²) in [6.07, 6.45) is 26.7. The fraction of sp³-hybridized carbons (Fsp3) is 0.771. The van der Waals surface area contributed by atoms with Crippen molar-refractivity contribution in [1.29, 1.82) is 0 Å². The van der Waals surface area contributed by atoms with Crippen LogP contribution in [0.15, 0.2) is 21.0 Å². The van der Waals surface area contributed by atoms with E-state index in [1.807, 2.05) is 0 Å². The summed E-state index contributed by atoms with van der Waals surface area (Å²) in [7, 11) is -4.74. The number of esters is 2. The number of carboxylic acid groups (broad SMARTS) is 1. The Kier molecular flexibility index (Phi) is 29.8. The maximum atomic E-state index is 12.7. The van der Waals surface area contributed by atoms with Crippen LogP contribution in [-0.4, -0.2) is 59.9 Å². The maximum Gasteiger partial charge on any atom is 0.472 e. The summed E-state index contributed by atoms with van der Waals surface area (Å²) in [5, 5.41) is 8.93. The van der Waals surface area contributed by atoms with Gasteiger partial charge in [0, 0.05) is 38.5 Å². The van der Waals surface area contributed by atoms with Crippen molar-refractivity contribution in [2.75, 3.05) is 19.8 Å². The first-order chi connectivity index (χ1) is 29.8. The van der Waals surface area contributed by atoms with Crippen LogP contribution in [0, 0.1) is 13.8 Å². The van der Waals surface area contributed by atoms with Crippen LogP contribution in [0.4, 0.5) is 0 Å². The third-order valence-electron chi connectivity index (χ3n) is 11.2. The monoisotopic (exact) mass is 896 g/mol. The van der Waals surface area contributed by atoms with E-state index in [-0.39, 0.29) is 19.4 Å². The number of hydrogen-bond acceptors (Lipinski definition) is 11. The summed E-state index contributed by atoms with van der Waals surface area (Å²) in [5.74, 6) is 2.05. The van der Waals surface area contributed by atoms with Crippen molar-refractivity contribution in [3.05, 3.63) is 46.3 Å². The molecule has 0 spiro atoms. The Morgan fingerprint density at radius 1 is 0.597 bits per heavy atom. The highest BCUT2D eigenvalue weighted by atomic mass is 31.2. The standard InChI is InChI=1S/C48H82NO12P/c1-5-7-21-27-40-33-38(3)44(59-40)29-23-17-13-9-11-15-19-25-31-46(50)56-35-42(36-57-62(54,55)58-37-43(49)48(52)53)61-47(51)32-26-20-16-12-10-14-18-24-30-45-39(4)34-41(60-45)28-22-8-6-2/h33-34,42-43H,5-32,35-37,49H2,1-4H3,(H,52,53)(H,54,55). The first-order valence-corrected chi connectivity index (χ1v) is 25.4. The molecule has 14 heteroatoms. The Labute approximate surface area is 372 Å². The predicted octanol–water partition coefficient (Wildman–Crippen LogP) is 11.8. The molecule has 0 bridgehead atoms. The van der Waals surface area contributed by atoms with Crippen molar-refractivity contribution in [3.8, 4) is 0 Å². The average Bonchev–Trinajstić information content (AvgIpc) is 3.78. The molecule has 3 atom stereocenters. The van der Waals surface area contributed by atoms with E-state index in [9.17, 15) is 23.8 Å². The number of phosphoric acid groups is 1. The molecular weight excluding hydrogens is 813 g/mol. The van der Waals surface area contributed by atoms with Crippen molar-refractivity contribution < 1.29 is 56.3 Å². The highest BCUT2D eigenvalue weighted by Gasteiger charge is 2.28. The average molecular weight is 896 g/mol. The van der Waals surface area contributed by atoms with E-state index >= 15 is 0 Å². The van der Waals surface area contributed by atoms with Crippen molar-refractivity contribution in [2.24, 2.45) is 5.73 Å². The molecule has 62 heavy (non-hydrogen) atoms. The predicted molar refractivity (Wildman–Crippen MR) is 242 cm³/mol. The maximum absolute atomic E-state index is 12.7. The molecule has 0 aromatic carbocycles. The molecule has 0 amide bonds. The van der Waals surface area contributed by atoms with Gasteiger partial charge < -0.3 is 34.0 Å². The van der Waals surface area contributed by atoms with Gasteiger partial charge in [-0.15, -0.1) is 0 Å². The van der Waals surface area contributed by atoms with Gasteiger partial charge in [-0.2, -0.15) is 0 Å². The first-order valence-electron chi connectivity index (χ1n) is 23.9. The lowest BCUT2D eigenvalue weighted by Gasteiger charge is -2.20. The Morgan fingerprint density at radius 3 is 1.45 bits per heavy atom. The van der Waals surface area contributed by atoms with Gasteiger partial charge in [0.25, 0.3) is 0 Å². The minimum absolute atomic E-state index is 0.137. The second-order valence-corrected chi connectivity index (χ2v) is 18.5. The molecule has 0 aliphatic heterocycles. The number of furan rings is 2. The zero-order valence-electron chi connectivity index (χ0n) is 38.7. The fourth-order valence-corrected chi connectivity index (χ4v) is 8.11. The van der Waals surface area contributed by atoms with Crippen molar-refractivity contribution in [2.45, 2.75) is 220 Å². The van der Waals surface area contributed by atoms with E-state index < -0.39 is 51.1 Å². The van der Waals surface area contributed by atoms with Gasteiger partial charge in [-0.25, -0.2) is 4.57 Å². The number of aliphatic carboxylic acids is 1. The molecule has 2 heterocycles. The SMILES string of the molecule is CCCCCc1cc(C)c(CCCCCCCCCCC(=O)OCC(COP(=O)(O)OCC(N)C(=O)O)OC(=O)CCCCCCCCCCc2oc(CCCCC)cc2C)o1. The van der Waals surface area contributed by atoms with Crippen LogP contribution in [0.3, 0.4) is 0 Å². The summed E-state index contributed by atoms with van der Waals surface area (Å²) >= 11 is 0. The fourth-order valence-electron chi connectivity index (χ4n) is 7.33. The molecule has 3 unspecified atom stereocenters. The second kappa shape index (κ2) is 33.5. The quantitative estimate of drug-likeness (QED) is 0.0325. The van der Waals surface area contributed by atoms with Gasteiger partial charge in [0.2, 0.25) is 0 Å². The second-order valence-electron chi connectivity index (χ2n) is 17.0. The highest BCUT2D eigenvalue weighted by molar-refractivity contribution is 7.47. The van der Waals surface area contributed by atoms with Crippen molar-refractivity contribution in [3.63, 3.8) is 0 Å². The van der Waals surface area contributed by atoms with Crippen LogP contribution in [0.25, 0.3) is 0 Å². The number of carbonyl (C=O) groups excluding carboxylic acids is 2. The van der Waals surface area contributed by atoms with E-state index in [1.54, 1.807) is 0 Å². The van der Waals surface area contributed by atoms with Crippen LogP contribution in [0.1, 0.15) is 202 Å². The van der Waals surface area contributed by atoms with E-state index in [1.165, 1.54) is 56.1 Å². The molecular formula is C48H82NO12P. The van der Waals surface area contributed by atoms with E-state index in [4.69, 9.17) is 33.7 Å². The molecule has 0 fully saturated rings. The number of nitrogens with two attached hydrogens (primary N) is 1. The number of aryl methyl sites for hydroxylation is 6. The summed E-state index contributed by atoms with van der Waals surface area (Å²) in [6, 6.07) is 2.85. The molecule has 356 valence electrons. The van der Waals surface area contributed by atoms with Gasteiger partial charge in [0.05, 0.1) is 13.2 Å². The largest absolute Gasteiger partial charge is 0.480 e. The molecule has 0 saturated heterocycles. The summed E-state index contributed by atoms with van der Waals surface area (Å²) < 4.78 is 45.0. The number of rotatable bonds is 40. The van der Waals surface area contributed by atoms with Crippen molar-refractivity contribution in [1.82, 2.24) is 0 Å². The van der Waals surface area contributed by atoms with Crippen LogP contribution >= 0.6 is 7.82 Å². The molecule has 13 nitrogen and oxygen atoms in total. The number of unbranched alkanes of at least 4 members (excludes halogenated alkanes) is 18. The lowest BCUT2D eigenvalue weighted by Crippen LogP contribution is -2.34. The molecule has 2 aromatic rings. The lowest BCUT2D eigenvalue weighted by molar-refractivity contribution is -0.161. The van der Waals surface area contributed by atoms with Crippen molar-refractivity contribution >= 4 is 25.7 Å². The minimum atomic E-state index is -4.74. The number of ether oxygens (including phenoxy) is 2. The lowest BCUT2D eigenvalue weighted by atomic mass is 10.1. The van der Waals surface area contributed by atoms with Gasteiger partial charge >= 0.3 is 25.7 Å². The number of carbonyl (C=O) groups is 3. The Bertz CT molecular complexity index is 1550. The number of hydrogen-bond donors (Lipinski definition) is 3. The zero-order chi connectivity index (χ0) is 45.4. The molecule has 2 rings (SSSR count). The highest BCUT2D eigenvalue weighted by Crippen LogP contribution is 2.43. The van der Waals surface area contributed by atoms with Crippen LogP contribution in [-0.2, 0) is 63.2 Å². The Morgan fingerprint density at radius 2 is 1.00 bits per heavy atom. The summed E-state index contributed by atoms with van der Waals surface area (Å²) in [5.41, 5.74) is 7.87. The molecule has 4 N–H and O–H groups in total. The zero-order valence-corrected chi connectivity index (χ0v) is 39.6. The van der Waals surface area contributed by atoms with Crippen LogP contribution in [0.2, 0.25) is 0 Å². The number of phosphoric ester groups is 1. The van der Waals surface area contributed by atoms with E-state index in [0.29, 0.717) is 12.8 Å². The summed E-state index contributed by atoms with van der Waals surface area (Å²) in [6.45, 7) is 6.96. The molecule has 0 saturated carbocycles. The molecule has 0 aliphatic rings. The molecule has 0 aliphatic carbocycles. The smallest absolute Gasteiger partial charge is 0.472 e. The molecule has 2 aromatic heterocycles. The van der Waals surface area contributed by atoms with Crippen LogP contribution in [0.5, 0.6) is 0 Å². The minimum Gasteiger partial charge on any atom is -0.480 e.